The molecular weight excluding hydrogens is 238 g/mol. The molecule has 0 unspecified atom stereocenters. The van der Waals surface area contributed by atoms with E-state index in [2.05, 4.69) is 16.0 Å². The van der Waals surface area contributed by atoms with Crippen LogP contribution in [0.4, 0.5) is 5.69 Å². The van der Waals surface area contributed by atoms with Gasteiger partial charge in [-0.05, 0) is 38.0 Å². The van der Waals surface area contributed by atoms with Gasteiger partial charge in [0.15, 0.2) is 0 Å². The molecule has 1 heterocycles. The lowest BCUT2D eigenvalue weighted by atomic mass is 10.1. The van der Waals surface area contributed by atoms with E-state index in [0.29, 0.717) is 12.1 Å². The first-order chi connectivity index (χ1) is 9.04. The van der Waals surface area contributed by atoms with Crippen LogP contribution in [0.3, 0.4) is 0 Å². The van der Waals surface area contributed by atoms with Crippen LogP contribution >= 0.6 is 0 Å². The minimum Gasteiger partial charge on any atom is -0.491 e. The lowest BCUT2D eigenvalue weighted by Crippen LogP contribution is -2.07. The smallest absolute Gasteiger partial charge is 0.132 e. The van der Waals surface area contributed by atoms with Gasteiger partial charge in [-0.25, -0.2) is 9.97 Å². The van der Waals surface area contributed by atoms with Gasteiger partial charge < -0.3 is 10.5 Å². The van der Waals surface area contributed by atoms with Gasteiger partial charge in [-0.15, -0.1) is 0 Å². The summed E-state index contributed by atoms with van der Waals surface area (Å²) in [5.41, 5.74) is 8.44. The number of benzene rings is 1. The third-order valence-electron chi connectivity index (χ3n) is 2.69. The van der Waals surface area contributed by atoms with Crippen molar-refractivity contribution in [3.05, 3.63) is 47.5 Å². The summed E-state index contributed by atoms with van der Waals surface area (Å²) in [5, 5.41) is 0. The Balaban J connectivity index is 2.13. The molecule has 0 bridgehead atoms. The molecule has 0 saturated heterocycles. The monoisotopic (exact) mass is 257 g/mol. The highest BCUT2D eigenvalue weighted by molar-refractivity contribution is 5.37. The zero-order chi connectivity index (χ0) is 13.8. The van der Waals surface area contributed by atoms with Crippen molar-refractivity contribution in [1.82, 2.24) is 9.97 Å². The van der Waals surface area contributed by atoms with Crippen LogP contribution in [0.5, 0.6) is 5.75 Å². The van der Waals surface area contributed by atoms with Crippen molar-refractivity contribution in [2.45, 2.75) is 33.3 Å². The number of aryl methyl sites for hydroxylation is 1. The molecule has 0 amide bonds. The molecule has 0 atom stereocenters. The van der Waals surface area contributed by atoms with Gasteiger partial charge in [0, 0.05) is 6.42 Å². The van der Waals surface area contributed by atoms with Crippen molar-refractivity contribution in [2.75, 3.05) is 5.73 Å². The summed E-state index contributed by atoms with van der Waals surface area (Å²) < 4.78 is 5.72. The Hall–Kier alpha value is -2.10. The summed E-state index contributed by atoms with van der Waals surface area (Å²) in [6.45, 7) is 6.09. The molecule has 19 heavy (non-hydrogen) atoms. The molecule has 0 aliphatic carbocycles. The number of rotatable bonds is 4. The fourth-order valence-corrected chi connectivity index (χ4v) is 1.85. The number of ether oxygens (including phenoxy) is 1. The summed E-state index contributed by atoms with van der Waals surface area (Å²) in [7, 11) is 0. The van der Waals surface area contributed by atoms with E-state index in [0.717, 1.165) is 17.1 Å². The second-order valence-corrected chi connectivity index (χ2v) is 4.88. The Kier molecular flexibility index (Phi) is 4.00. The minimum absolute atomic E-state index is 0.185. The fraction of sp³-hybridized carbons (Fsp3) is 0.333. The number of nitrogen functional groups attached to an aromatic ring is 1. The molecule has 0 aliphatic rings. The van der Waals surface area contributed by atoms with E-state index in [9.17, 15) is 0 Å². The van der Waals surface area contributed by atoms with Gasteiger partial charge in [0.05, 0.1) is 24.2 Å². The van der Waals surface area contributed by atoms with Gasteiger partial charge in [-0.2, -0.15) is 0 Å². The predicted molar refractivity (Wildman–Crippen MR) is 76.2 cm³/mol. The van der Waals surface area contributed by atoms with E-state index < -0.39 is 0 Å². The van der Waals surface area contributed by atoms with E-state index >= 15 is 0 Å². The largest absolute Gasteiger partial charge is 0.491 e. The molecule has 1 aromatic carbocycles. The molecule has 0 fully saturated rings. The highest BCUT2D eigenvalue weighted by Gasteiger charge is 2.05. The summed E-state index contributed by atoms with van der Waals surface area (Å²) in [6, 6.07) is 6.16. The normalized spacial score (nSPS) is 10.7. The molecule has 100 valence electrons. The van der Waals surface area contributed by atoms with E-state index in [-0.39, 0.29) is 6.10 Å². The Morgan fingerprint density at radius 1 is 1.21 bits per heavy atom. The molecule has 2 aromatic rings. The van der Waals surface area contributed by atoms with Crippen LogP contribution < -0.4 is 10.5 Å². The number of nitrogens with zero attached hydrogens (tertiary/aromatic N) is 2. The summed E-state index contributed by atoms with van der Waals surface area (Å²) in [6.07, 6.45) is 4.14. The van der Waals surface area contributed by atoms with Crippen LogP contribution in [0.2, 0.25) is 0 Å². The maximum Gasteiger partial charge on any atom is 0.132 e. The Bertz CT molecular complexity index is 550. The molecule has 2 rings (SSSR count). The zero-order valence-corrected chi connectivity index (χ0v) is 11.6. The molecule has 0 saturated carbocycles. The topological polar surface area (TPSA) is 61.0 Å². The quantitative estimate of drug-likeness (QED) is 0.914. The van der Waals surface area contributed by atoms with Crippen LogP contribution in [0.15, 0.2) is 30.6 Å². The van der Waals surface area contributed by atoms with Crippen molar-refractivity contribution in [3.8, 4) is 5.75 Å². The molecule has 0 aliphatic heterocycles. The molecule has 0 spiro atoms. The van der Waals surface area contributed by atoms with E-state index in [4.69, 9.17) is 10.5 Å². The lowest BCUT2D eigenvalue weighted by molar-refractivity contribution is 0.240. The third kappa shape index (κ3) is 3.68. The van der Waals surface area contributed by atoms with Crippen LogP contribution in [0.25, 0.3) is 0 Å². The average molecular weight is 257 g/mol. The van der Waals surface area contributed by atoms with E-state index in [1.807, 2.05) is 32.9 Å². The fourth-order valence-electron chi connectivity index (χ4n) is 1.85. The van der Waals surface area contributed by atoms with Gasteiger partial charge >= 0.3 is 0 Å². The van der Waals surface area contributed by atoms with Gasteiger partial charge in [0.25, 0.3) is 0 Å². The van der Waals surface area contributed by atoms with Crippen molar-refractivity contribution in [1.29, 1.82) is 0 Å². The molecule has 2 N–H and O–H groups in total. The highest BCUT2D eigenvalue weighted by atomic mass is 16.5. The number of nitrogens with two attached hydrogens (primary N) is 1. The van der Waals surface area contributed by atoms with Crippen molar-refractivity contribution in [3.63, 3.8) is 0 Å². The first-order valence-electron chi connectivity index (χ1n) is 6.37. The van der Waals surface area contributed by atoms with Crippen LogP contribution in [-0.4, -0.2) is 16.1 Å². The first-order valence-corrected chi connectivity index (χ1v) is 6.37. The van der Waals surface area contributed by atoms with Crippen LogP contribution in [0.1, 0.15) is 30.8 Å². The molecule has 4 heteroatoms. The Morgan fingerprint density at radius 2 is 1.89 bits per heavy atom. The second-order valence-electron chi connectivity index (χ2n) is 4.88. The maximum absolute atomic E-state index is 5.72. The van der Waals surface area contributed by atoms with Gasteiger partial charge in [0.2, 0.25) is 0 Å². The van der Waals surface area contributed by atoms with Crippen LogP contribution in [0, 0.1) is 6.92 Å². The van der Waals surface area contributed by atoms with Gasteiger partial charge in [0.1, 0.15) is 11.6 Å². The minimum atomic E-state index is 0.185. The summed E-state index contributed by atoms with van der Waals surface area (Å²) in [4.78, 5) is 8.41. The number of hydrogen-bond acceptors (Lipinski definition) is 4. The van der Waals surface area contributed by atoms with Crippen molar-refractivity contribution >= 4 is 5.69 Å². The summed E-state index contributed by atoms with van der Waals surface area (Å²) >= 11 is 0. The molecule has 0 radical (unpaired) electrons. The lowest BCUT2D eigenvalue weighted by Gasteiger charge is -2.13. The van der Waals surface area contributed by atoms with Crippen molar-refractivity contribution in [2.24, 2.45) is 0 Å². The summed E-state index contributed by atoms with van der Waals surface area (Å²) in [5.74, 6) is 1.70. The highest BCUT2D eigenvalue weighted by Crippen LogP contribution is 2.21. The number of anilines is 1. The third-order valence-corrected chi connectivity index (χ3v) is 2.69. The van der Waals surface area contributed by atoms with Crippen molar-refractivity contribution < 1.29 is 4.74 Å². The Morgan fingerprint density at radius 3 is 2.47 bits per heavy atom. The number of aromatic nitrogens is 2. The molecule has 4 nitrogen and oxygen atoms in total. The second kappa shape index (κ2) is 5.69. The standard InChI is InChI=1S/C15H19N3O/c1-10(2)19-14-5-4-12(6-11(14)3)7-15-17-8-13(16)9-18-15/h4-6,8-10H,7,16H2,1-3H3. The maximum atomic E-state index is 5.72. The molecule has 1 aromatic heterocycles. The molecular formula is C15H19N3O. The van der Waals surface area contributed by atoms with E-state index in [1.165, 1.54) is 5.56 Å². The average Bonchev–Trinajstić information content (AvgIpc) is 2.35. The number of hydrogen-bond donors (Lipinski definition) is 1. The predicted octanol–water partition coefficient (Wildman–Crippen LogP) is 2.75. The SMILES string of the molecule is Cc1cc(Cc2ncc(N)cn2)ccc1OC(C)C. The Labute approximate surface area is 113 Å². The first kappa shape index (κ1) is 13.3. The van der Waals surface area contributed by atoms with Gasteiger partial charge in [-0.1, -0.05) is 12.1 Å². The van der Waals surface area contributed by atoms with E-state index in [1.54, 1.807) is 12.4 Å². The van der Waals surface area contributed by atoms with Gasteiger partial charge in [-0.3, -0.25) is 0 Å². The van der Waals surface area contributed by atoms with Crippen LogP contribution in [-0.2, 0) is 6.42 Å². The zero-order valence-electron chi connectivity index (χ0n) is 11.6.